The average molecular weight is 360 g/mol. The fraction of sp³-hybridized carbons (Fsp3) is 0.105. The summed E-state index contributed by atoms with van der Waals surface area (Å²) >= 11 is 12.2. The molecule has 0 saturated heterocycles. The molecule has 0 radical (unpaired) electrons. The SMILES string of the molecule is C=CC(=O)Oc1cn(Cc2ccc(Cl)cc2Cl)c2cc(C)ccc12. The van der Waals surface area contributed by atoms with Crippen LogP contribution >= 0.6 is 23.2 Å². The van der Waals surface area contributed by atoms with Crippen LogP contribution < -0.4 is 4.74 Å². The third-order valence-electron chi connectivity index (χ3n) is 3.73. The molecule has 2 aromatic carbocycles. The Bertz CT molecular complexity index is 944. The van der Waals surface area contributed by atoms with Crippen LogP contribution in [0, 0.1) is 6.92 Å². The smallest absolute Gasteiger partial charge is 0.335 e. The zero-order valence-electron chi connectivity index (χ0n) is 13.1. The van der Waals surface area contributed by atoms with Crippen molar-refractivity contribution >= 4 is 40.1 Å². The van der Waals surface area contributed by atoms with Crippen LogP contribution in [-0.2, 0) is 11.3 Å². The minimum absolute atomic E-state index is 0.487. The van der Waals surface area contributed by atoms with Crippen LogP contribution in [0.2, 0.25) is 10.0 Å². The van der Waals surface area contributed by atoms with E-state index in [0.717, 1.165) is 28.1 Å². The monoisotopic (exact) mass is 359 g/mol. The molecule has 0 bridgehead atoms. The van der Waals surface area contributed by atoms with Crippen molar-refractivity contribution in [3.05, 3.63) is 76.4 Å². The van der Waals surface area contributed by atoms with Gasteiger partial charge in [0.15, 0.2) is 5.75 Å². The minimum atomic E-state index is -0.487. The predicted octanol–water partition coefficient (Wildman–Crippen LogP) is 5.40. The van der Waals surface area contributed by atoms with Gasteiger partial charge in [-0.25, -0.2) is 4.79 Å². The summed E-state index contributed by atoms with van der Waals surface area (Å²) in [6.07, 6.45) is 2.95. The molecule has 0 amide bonds. The molecule has 3 aromatic rings. The molecule has 0 aliphatic carbocycles. The highest BCUT2D eigenvalue weighted by atomic mass is 35.5. The Morgan fingerprint density at radius 3 is 2.75 bits per heavy atom. The van der Waals surface area contributed by atoms with E-state index in [1.54, 1.807) is 18.3 Å². The van der Waals surface area contributed by atoms with E-state index in [0.29, 0.717) is 22.3 Å². The lowest BCUT2D eigenvalue weighted by molar-refractivity contribution is -0.128. The van der Waals surface area contributed by atoms with Gasteiger partial charge in [0, 0.05) is 34.2 Å². The van der Waals surface area contributed by atoms with Gasteiger partial charge in [-0.2, -0.15) is 0 Å². The predicted molar refractivity (Wildman–Crippen MR) is 98.1 cm³/mol. The summed E-state index contributed by atoms with van der Waals surface area (Å²) in [7, 11) is 0. The Morgan fingerprint density at radius 1 is 1.25 bits per heavy atom. The molecular weight excluding hydrogens is 345 g/mol. The van der Waals surface area contributed by atoms with Crippen molar-refractivity contribution in [2.45, 2.75) is 13.5 Å². The highest BCUT2D eigenvalue weighted by Crippen LogP contribution is 2.31. The first-order valence-corrected chi connectivity index (χ1v) is 8.11. The van der Waals surface area contributed by atoms with Gasteiger partial charge in [0.25, 0.3) is 0 Å². The maximum Gasteiger partial charge on any atom is 0.335 e. The molecule has 0 saturated carbocycles. The first-order chi connectivity index (χ1) is 11.5. The number of aromatic nitrogens is 1. The van der Waals surface area contributed by atoms with Crippen molar-refractivity contribution in [2.24, 2.45) is 0 Å². The number of rotatable bonds is 4. The van der Waals surface area contributed by atoms with E-state index in [1.165, 1.54) is 0 Å². The first kappa shape index (κ1) is 16.6. The Labute approximate surface area is 150 Å². The molecule has 1 aromatic heterocycles. The highest BCUT2D eigenvalue weighted by molar-refractivity contribution is 6.35. The van der Waals surface area contributed by atoms with Gasteiger partial charge in [-0.05, 0) is 42.3 Å². The highest BCUT2D eigenvalue weighted by Gasteiger charge is 2.13. The van der Waals surface area contributed by atoms with Gasteiger partial charge < -0.3 is 9.30 Å². The maximum absolute atomic E-state index is 11.6. The minimum Gasteiger partial charge on any atom is -0.421 e. The summed E-state index contributed by atoms with van der Waals surface area (Å²) < 4.78 is 7.36. The van der Waals surface area contributed by atoms with Gasteiger partial charge in [-0.1, -0.05) is 41.9 Å². The van der Waals surface area contributed by atoms with Crippen molar-refractivity contribution in [1.29, 1.82) is 0 Å². The summed E-state index contributed by atoms with van der Waals surface area (Å²) in [4.78, 5) is 11.6. The maximum atomic E-state index is 11.6. The molecule has 0 spiro atoms. The Kier molecular flexibility index (Phi) is 4.65. The Hall–Kier alpha value is -2.23. The fourth-order valence-corrected chi connectivity index (χ4v) is 3.03. The fourth-order valence-electron chi connectivity index (χ4n) is 2.56. The van der Waals surface area contributed by atoms with Crippen molar-refractivity contribution in [2.75, 3.05) is 0 Å². The van der Waals surface area contributed by atoms with Crippen LogP contribution in [0.1, 0.15) is 11.1 Å². The summed E-state index contributed by atoms with van der Waals surface area (Å²) in [6.45, 7) is 5.99. The van der Waals surface area contributed by atoms with E-state index in [-0.39, 0.29) is 0 Å². The van der Waals surface area contributed by atoms with Gasteiger partial charge in [-0.15, -0.1) is 0 Å². The molecule has 0 aliphatic heterocycles. The zero-order chi connectivity index (χ0) is 17.3. The van der Waals surface area contributed by atoms with Crippen LogP contribution in [0.15, 0.2) is 55.3 Å². The van der Waals surface area contributed by atoms with Crippen molar-refractivity contribution < 1.29 is 9.53 Å². The topological polar surface area (TPSA) is 31.2 Å². The summed E-state index contributed by atoms with van der Waals surface area (Å²) in [5.74, 6) is 0.0131. The van der Waals surface area contributed by atoms with Crippen LogP contribution in [0.25, 0.3) is 10.9 Å². The number of aryl methyl sites for hydroxylation is 1. The zero-order valence-corrected chi connectivity index (χ0v) is 14.6. The summed E-state index contributed by atoms with van der Waals surface area (Å²) in [5.41, 5.74) is 3.01. The number of ether oxygens (including phenoxy) is 1. The number of hydrogen-bond donors (Lipinski definition) is 0. The first-order valence-electron chi connectivity index (χ1n) is 7.35. The standard InChI is InChI=1S/C19H15Cl2NO2/c1-3-19(23)24-18-11-22(17-8-12(2)4-7-15(17)18)10-13-5-6-14(20)9-16(13)21/h3-9,11H,1,10H2,2H3. The number of nitrogens with zero attached hydrogens (tertiary/aromatic N) is 1. The van der Waals surface area contributed by atoms with Crippen LogP contribution in [0.5, 0.6) is 5.75 Å². The molecule has 0 N–H and O–H groups in total. The van der Waals surface area contributed by atoms with Gasteiger partial charge in [0.1, 0.15) is 0 Å². The molecule has 3 rings (SSSR count). The van der Waals surface area contributed by atoms with Crippen molar-refractivity contribution in [3.63, 3.8) is 0 Å². The lowest BCUT2D eigenvalue weighted by Crippen LogP contribution is -2.02. The van der Waals surface area contributed by atoms with Gasteiger partial charge >= 0.3 is 5.97 Å². The van der Waals surface area contributed by atoms with Gasteiger partial charge in [0.05, 0.1) is 5.52 Å². The van der Waals surface area contributed by atoms with E-state index in [9.17, 15) is 4.79 Å². The second-order valence-electron chi connectivity index (χ2n) is 5.50. The molecule has 5 heteroatoms. The molecule has 24 heavy (non-hydrogen) atoms. The lowest BCUT2D eigenvalue weighted by Gasteiger charge is -2.08. The largest absolute Gasteiger partial charge is 0.421 e. The molecule has 122 valence electrons. The number of fused-ring (bicyclic) bond motifs is 1. The van der Waals surface area contributed by atoms with Gasteiger partial charge in [-0.3, -0.25) is 0 Å². The van der Waals surface area contributed by atoms with Crippen LogP contribution in [0.4, 0.5) is 0 Å². The van der Waals surface area contributed by atoms with E-state index < -0.39 is 5.97 Å². The molecule has 0 atom stereocenters. The second kappa shape index (κ2) is 6.71. The Morgan fingerprint density at radius 2 is 2.04 bits per heavy atom. The van der Waals surface area contributed by atoms with E-state index in [4.69, 9.17) is 27.9 Å². The third kappa shape index (κ3) is 3.32. The molecule has 1 heterocycles. The molecular formula is C19H15Cl2NO2. The van der Waals surface area contributed by atoms with Gasteiger partial charge in [0.2, 0.25) is 0 Å². The number of benzene rings is 2. The lowest BCUT2D eigenvalue weighted by atomic mass is 10.1. The van der Waals surface area contributed by atoms with E-state index in [1.807, 2.05) is 35.8 Å². The summed E-state index contributed by atoms with van der Waals surface area (Å²) in [5, 5.41) is 2.06. The van der Waals surface area contributed by atoms with Crippen molar-refractivity contribution in [1.82, 2.24) is 4.57 Å². The molecule has 0 fully saturated rings. The number of halogens is 2. The number of esters is 1. The normalized spacial score (nSPS) is 10.8. The van der Waals surface area contributed by atoms with Crippen LogP contribution in [0.3, 0.4) is 0 Å². The van der Waals surface area contributed by atoms with Crippen LogP contribution in [-0.4, -0.2) is 10.5 Å². The van der Waals surface area contributed by atoms with E-state index in [2.05, 4.69) is 6.58 Å². The molecule has 0 aliphatic rings. The van der Waals surface area contributed by atoms with Crippen molar-refractivity contribution in [3.8, 4) is 5.75 Å². The average Bonchev–Trinajstić information content (AvgIpc) is 2.87. The second-order valence-corrected chi connectivity index (χ2v) is 6.35. The Balaban J connectivity index is 2.07. The van der Waals surface area contributed by atoms with E-state index >= 15 is 0 Å². The molecule has 0 unspecified atom stereocenters. The summed E-state index contributed by atoms with van der Waals surface area (Å²) in [6, 6.07) is 11.4. The number of hydrogen-bond acceptors (Lipinski definition) is 2. The third-order valence-corrected chi connectivity index (χ3v) is 4.32. The number of carbonyl (C=O) groups excluding carboxylic acids is 1. The quantitative estimate of drug-likeness (QED) is 0.461. The number of carbonyl (C=O) groups is 1. The molecule has 3 nitrogen and oxygen atoms in total.